The first-order valence-electron chi connectivity index (χ1n) is 8.48. The number of nitrogens with one attached hydrogen (secondary N) is 2. The highest BCUT2D eigenvalue weighted by molar-refractivity contribution is 5.73. The molecule has 116 valence electrons. The van der Waals surface area contributed by atoms with Crippen molar-refractivity contribution in [1.29, 1.82) is 0 Å². The van der Waals surface area contributed by atoms with Gasteiger partial charge in [0.05, 0.1) is 24.5 Å². The molecule has 5 rings (SSSR count). The number of aliphatic hydroxyl groups is 1. The second-order valence-corrected chi connectivity index (χ2v) is 7.32. The third-order valence-corrected chi connectivity index (χ3v) is 6.38. The summed E-state index contributed by atoms with van der Waals surface area (Å²) < 4.78 is 0. The van der Waals surface area contributed by atoms with E-state index in [4.69, 9.17) is 0 Å². The zero-order chi connectivity index (χ0) is 14.7. The molecular formula is C18H23N3O. The van der Waals surface area contributed by atoms with Gasteiger partial charge in [-0.05, 0) is 43.3 Å². The Balaban J connectivity index is 1.48. The maximum atomic E-state index is 11.0. The fourth-order valence-corrected chi connectivity index (χ4v) is 5.21. The number of piperidine rings is 1. The Bertz CT molecular complexity index is 635. The van der Waals surface area contributed by atoms with Gasteiger partial charge in [-0.15, -0.1) is 0 Å². The van der Waals surface area contributed by atoms with Gasteiger partial charge in [0.1, 0.15) is 0 Å². The van der Waals surface area contributed by atoms with Gasteiger partial charge in [0.25, 0.3) is 0 Å². The molecule has 4 nitrogen and oxygen atoms in total. The second kappa shape index (κ2) is 4.49. The largest absolute Gasteiger partial charge is 0.392 e. The zero-order valence-electron chi connectivity index (χ0n) is 12.8. The quantitative estimate of drug-likeness (QED) is 0.738. The van der Waals surface area contributed by atoms with Crippen LogP contribution >= 0.6 is 0 Å². The Kier molecular flexibility index (Phi) is 2.65. The molecule has 3 N–H and O–H groups in total. The molecule has 1 saturated carbocycles. The predicted molar refractivity (Wildman–Crippen MR) is 85.7 cm³/mol. The fraction of sp³-hybridized carbons (Fsp3) is 0.556. The topological polar surface area (TPSA) is 47.5 Å². The van der Waals surface area contributed by atoms with Gasteiger partial charge in [0, 0.05) is 17.7 Å². The van der Waals surface area contributed by atoms with Crippen LogP contribution in [-0.4, -0.2) is 35.9 Å². The minimum Gasteiger partial charge on any atom is -0.392 e. The van der Waals surface area contributed by atoms with Crippen LogP contribution in [0.25, 0.3) is 5.70 Å². The Labute approximate surface area is 131 Å². The average molecular weight is 297 g/mol. The maximum absolute atomic E-state index is 11.0. The van der Waals surface area contributed by atoms with E-state index in [0.717, 1.165) is 32.6 Å². The lowest BCUT2D eigenvalue weighted by atomic mass is 9.53. The maximum Gasteiger partial charge on any atom is 0.0879 e. The predicted octanol–water partition coefficient (Wildman–Crippen LogP) is 1.65. The van der Waals surface area contributed by atoms with Crippen LogP contribution < -0.4 is 10.6 Å². The molecule has 0 aromatic heterocycles. The van der Waals surface area contributed by atoms with Crippen LogP contribution in [0, 0.1) is 11.3 Å². The van der Waals surface area contributed by atoms with Crippen molar-refractivity contribution >= 4 is 5.70 Å². The van der Waals surface area contributed by atoms with Crippen molar-refractivity contribution < 1.29 is 5.11 Å². The van der Waals surface area contributed by atoms with Gasteiger partial charge in [-0.2, -0.15) is 0 Å². The molecule has 3 aliphatic heterocycles. The number of aliphatic hydroxyl groups excluding tert-OH is 1. The first-order valence-corrected chi connectivity index (χ1v) is 8.48. The van der Waals surface area contributed by atoms with E-state index in [2.05, 4.69) is 46.0 Å². The Morgan fingerprint density at radius 2 is 2.00 bits per heavy atom. The standard InChI is InChI=1S/C18H23N3O/c22-17-14(9-18(17)5-7-19-8-6-18)16-13-4-2-1-3-12(13)15-10-20-11-21(15)16/h1-4,10,14,16-17,19-20,22H,5-9,11H2/t14-,16-,17+/m1/s1. The average Bonchev–Trinajstić information content (AvgIpc) is 3.14. The smallest absolute Gasteiger partial charge is 0.0879 e. The van der Waals surface area contributed by atoms with Crippen LogP contribution in [-0.2, 0) is 0 Å². The number of nitrogens with zero attached hydrogens (tertiary/aromatic N) is 1. The number of fused-ring (bicyclic) bond motifs is 3. The van der Waals surface area contributed by atoms with Gasteiger partial charge < -0.3 is 20.6 Å². The van der Waals surface area contributed by atoms with Crippen LogP contribution in [0.3, 0.4) is 0 Å². The summed E-state index contributed by atoms with van der Waals surface area (Å²) in [6.45, 7) is 2.98. The van der Waals surface area contributed by atoms with Crippen molar-refractivity contribution in [2.24, 2.45) is 11.3 Å². The third kappa shape index (κ3) is 1.54. The molecular weight excluding hydrogens is 274 g/mol. The van der Waals surface area contributed by atoms with Crippen molar-refractivity contribution in [2.45, 2.75) is 31.4 Å². The second-order valence-electron chi connectivity index (χ2n) is 7.32. The molecule has 4 aliphatic rings. The lowest BCUT2D eigenvalue weighted by Gasteiger charge is -2.57. The van der Waals surface area contributed by atoms with Gasteiger partial charge in [-0.25, -0.2) is 0 Å². The summed E-state index contributed by atoms with van der Waals surface area (Å²) in [6, 6.07) is 9.05. The first kappa shape index (κ1) is 13.0. The van der Waals surface area contributed by atoms with Crippen molar-refractivity contribution in [3.63, 3.8) is 0 Å². The van der Waals surface area contributed by atoms with Crippen molar-refractivity contribution in [2.75, 3.05) is 19.8 Å². The van der Waals surface area contributed by atoms with E-state index in [0.29, 0.717) is 12.0 Å². The molecule has 1 aliphatic carbocycles. The number of benzene rings is 1. The number of hydrogen-bond donors (Lipinski definition) is 3. The third-order valence-electron chi connectivity index (χ3n) is 6.38. The van der Waals surface area contributed by atoms with E-state index in [1.165, 1.54) is 23.2 Å². The van der Waals surface area contributed by atoms with E-state index in [1.54, 1.807) is 0 Å². The lowest BCUT2D eigenvalue weighted by molar-refractivity contribution is -0.155. The first-order chi connectivity index (χ1) is 10.8. The van der Waals surface area contributed by atoms with Gasteiger partial charge in [0.15, 0.2) is 0 Å². The summed E-state index contributed by atoms with van der Waals surface area (Å²) >= 11 is 0. The highest BCUT2D eigenvalue weighted by Crippen LogP contribution is 2.60. The Morgan fingerprint density at radius 3 is 2.82 bits per heavy atom. The molecule has 0 amide bonds. The van der Waals surface area contributed by atoms with E-state index < -0.39 is 0 Å². The molecule has 22 heavy (non-hydrogen) atoms. The fourth-order valence-electron chi connectivity index (χ4n) is 5.21. The van der Waals surface area contributed by atoms with E-state index in [1.807, 2.05) is 0 Å². The van der Waals surface area contributed by atoms with Crippen LogP contribution in [0.1, 0.15) is 36.4 Å². The normalized spacial score (nSPS) is 34.7. The summed E-state index contributed by atoms with van der Waals surface area (Å²) in [5, 5.41) is 17.8. The Hall–Kier alpha value is -1.52. The van der Waals surface area contributed by atoms with Gasteiger partial charge in [-0.3, -0.25) is 0 Å². The summed E-state index contributed by atoms with van der Waals surface area (Å²) in [4.78, 5) is 2.45. The SMILES string of the molecule is O[C@H]1[C@@H]([C@H]2c3ccccc3C3=CNCN32)CC12CCNCC2. The van der Waals surface area contributed by atoms with Gasteiger partial charge in [-0.1, -0.05) is 24.3 Å². The molecule has 1 spiro atoms. The molecule has 0 radical (unpaired) electrons. The summed E-state index contributed by atoms with van der Waals surface area (Å²) in [5.41, 5.74) is 4.24. The van der Waals surface area contributed by atoms with Crippen molar-refractivity contribution in [3.8, 4) is 0 Å². The minimum absolute atomic E-state index is 0.160. The highest BCUT2D eigenvalue weighted by atomic mass is 16.3. The molecule has 3 heterocycles. The summed E-state index contributed by atoms with van der Waals surface area (Å²) in [6.07, 6.45) is 5.38. The Morgan fingerprint density at radius 1 is 1.18 bits per heavy atom. The van der Waals surface area contributed by atoms with Crippen molar-refractivity contribution in [3.05, 3.63) is 41.6 Å². The zero-order valence-corrected chi connectivity index (χ0v) is 12.8. The van der Waals surface area contributed by atoms with Crippen LogP contribution in [0.4, 0.5) is 0 Å². The lowest BCUT2D eigenvalue weighted by Crippen LogP contribution is -2.59. The number of hydrogen-bond acceptors (Lipinski definition) is 4. The molecule has 3 atom stereocenters. The molecule has 1 aromatic rings. The summed E-state index contributed by atoms with van der Waals surface area (Å²) in [7, 11) is 0. The van der Waals surface area contributed by atoms with Crippen LogP contribution in [0.15, 0.2) is 30.5 Å². The molecule has 0 unspecified atom stereocenters. The highest BCUT2D eigenvalue weighted by Gasteiger charge is 2.58. The monoisotopic (exact) mass is 297 g/mol. The van der Waals surface area contributed by atoms with Crippen LogP contribution in [0.5, 0.6) is 0 Å². The molecule has 2 fully saturated rings. The van der Waals surface area contributed by atoms with E-state index >= 15 is 0 Å². The summed E-state index contributed by atoms with van der Waals surface area (Å²) in [5.74, 6) is 0.366. The molecule has 4 heteroatoms. The molecule has 0 bridgehead atoms. The van der Waals surface area contributed by atoms with Crippen LogP contribution in [0.2, 0.25) is 0 Å². The van der Waals surface area contributed by atoms with E-state index in [9.17, 15) is 5.11 Å². The van der Waals surface area contributed by atoms with Crippen molar-refractivity contribution in [1.82, 2.24) is 15.5 Å². The van der Waals surface area contributed by atoms with Gasteiger partial charge >= 0.3 is 0 Å². The molecule has 1 saturated heterocycles. The van der Waals surface area contributed by atoms with E-state index in [-0.39, 0.29) is 11.5 Å². The number of rotatable bonds is 1. The minimum atomic E-state index is -0.160. The molecule has 1 aromatic carbocycles. The van der Waals surface area contributed by atoms with Gasteiger partial charge in [0.2, 0.25) is 0 Å².